The molecule has 1 atom stereocenters. The van der Waals surface area contributed by atoms with Gasteiger partial charge in [0.25, 0.3) is 0 Å². The minimum Gasteiger partial charge on any atom is -0.366 e. The quantitative estimate of drug-likeness (QED) is 0.845. The molecule has 1 N–H and O–H groups in total. The van der Waals surface area contributed by atoms with Crippen LogP contribution < -0.4 is 10.2 Å². The summed E-state index contributed by atoms with van der Waals surface area (Å²) < 4.78 is 0. The van der Waals surface area contributed by atoms with E-state index in [1.165, 1.54) is 5.56 Å². The number of nitrogens with one attached hydrogen (secondary N) is 1. The summed E-state index contributed by atoms with van der Waals surface area (Å²) in [6.45, 7) is 6.01. The van der Waals surface area contributed by atoms with Crippen molar-refractivity contribution in [2.45, 2.75) is 25.8 Å². The van der Waals surface area contributed by atoms with Crippen LogP contribution in [-0.2, 0) is 4.79 Å². The molecule has 1 aromatic carbocycles. The lowest BCUT2D eigenvalue weighted by molar-refractivity contribution is -0.121. The van der Waals surface area contributed by atoms with Crippen molar-refractivity contribution < 1.29 is 4.79 Å². The highest BCUT2D eigenvalue weighted by molar-refractivity contribution is 5.79. The third-order valence-corrected chi connectivity index (χ3v) is 3.26. The maximum absolute atomic E-state index is 11.2. The molecule has 0 saturated carbocycles. The molecular weight excluding hydrogens is 212 g/mol. The van der Waals surface area contributed by atoms with Crippen LogP contribution >= 0.6 is 0 Å². The SMILES string of the molecule is C=C1NC(=O)CCC1N(C)c1ccc(C)cc1. The van der Waals surface area contributed by atoms with E-state index >= 15 is 0 Å². The van der Waals surface area contributed by atoms with Crippen LogP contribution in [0, 0.1) is 6.92 Å². The Kier molecular flexibility index (Phi) is 3.18. The van der Waals surface area contributed by atoms with Crippen LogP contribution in [0.15, 0.2) is 36.5 Å². The van der Waals surface area contributed by atoms with Gasteiger partial charge in [0, 0.05) is 24.9 Å². The molecule has 0 bridgehead atoms. The molecule has 1 unspecified atom stereocenters. The lowest BCUT2D eigenvalue weighted by Gasteiger charge is -2.34. The van der Waals surface area contributed by atoms with E-state index in [9.17, 15) is 4.79 Å². The van der Waals surface area contributed by atoms with Crippen LogP contribution in [0.2, 0.25) is 0 Å². The van der Waals surface area contributed by atoms with Gasteiger partial charge < -0.3 is 10.2 Å². The number of amides is 1. The van der Waals surface area contributed by atoms with Gasteiger partial charge in [-0.2, -0.15) is 0 Å². The highest BCUT2D eigenvalue weighted by Gasteiger charge is 2.25. The smallest absolute Gasteiger partial charge is 0.224 e. The fourth-order valence-electron chi connectivity index (χ4n) is 2.15. The Morgan fingerprint density at radius 2 is 2.00 bits per heavy atom. The number of rotatable bonds is 2. The molecule has 0 aromatic heterocycles. The number of aryl methyl sites for hydroxylation is 1. The van der Waals surface area contributed by atoms with Gasteiger partial charge in [-0.3, -0.25) is 4.79 Å². The number of hydrogen-bond acceptors (Lipinski definition) is 2. The number of nitrogens with zero attached hydrogens (tertiary/aromatic N) is 1. The molecule has 3 nitrogen and oxygen atoms in total. The predicted octanol–water partition coefficient (Wildman–Crippen LogP) is 2.22. The molecule has 0 aliphatic carbocycles. The minimum atomic E-state index is 0.0727. The van der Waals surface area contributed by atoms with E-state index in [0.717, 1.165) is 17.8 Å². The zero-order valence-electron chi connectivity index (χ0n) is 10.4. The van der Waals surface area contributed by atoms with E-state index in [-0.39, 0.29) is 11.9 Å². The number of benzene rings is 1. The molecule has 1 heterocycles. The van der Waals surface area contributed by atoms with Gasteiger partial charge in [-0.15, -0.1) is 0 Å². The average molecular weight is 230 g/mol. The van der Waals surface area contributed by atoms with Gasteiger partial charge in [0.05, 0.1) is 6.04 Å². The average Bonchev–Trinajstić information content (AvgIpc) is 2.29. The van der Waals surface area contributed by atoms with E-state index in [0.29, 0.717) is 6.42 Å². The molecule has 1 saturated heterocycles. The van der Waals surface area contributed by atoms with Gasteiger partial charge in [-0.25, -0.2) is 0 Å². The van der Waals surface area contributed by atoms with Crippen molar-refractivity contribution in [1.82, 2.24) is 5.32 Å². The third kappa shape index (κ3) is 2.49. The molecule has 3 heteroatoms. The van der Waals surface area contributed by atoms with E-state index < -0.39 is 0 Å². The number of hydrogen-bond donors (Lipinski definition) is 1. The van der Waals surface area contributed by atoms with Crippen molar-refractivity contribution >= 4 is 11.6 Å². The summed E-state index contributed by atoms with van der Waals surface area (Å²) >= 11 is 0. The Labute approximate surface area is 102 Å². The molecule has 1 aliphatic rings. The summed E-state index contributed by atoms with van der Waals surface area (Å²) in [6.07, 6.45) is 1.40. The Balaban J connectivity index is 2.14. The number of piperidine rings is 1. The van der Waals surface area contributed by atoms with Gasteiger partial charge >= 0.3 is 0 Å². The second-order valence-electron chi connectivity index (χ2n) is 4.57. The summed E-state index contributed by atoms with van der Waals surface area (Å²) in [5.74, 6) is 0.0727. The van der Waals surface area contributed by atoms with Crippen LogP contribution in [0.5, 0.6) is 0 Å². The topological polar surface area (TPSA) is 32.3 Å². The first-order valence-corrected chi connectivity index (χ1v) is 5.86. The summed E-state index contributed by atoms with van der Waals surface area (Å²) in [7, 11) is 2.04. The monoisotopic (exact) mass is 230 g/mol. The summed E-state index contributed by atoms with van der Waals surface area (Å²) in [4.78, 5) is 13.4. The fourth-order valence-corrected chi connectivity index (χ4v) is 2.15. The first kappa shape index (κ1) is 11.7. The van der Waals surface area contributed by atoms with Crippen molar-refractivity contribution in [1.29, 1.82) is 0 Å². The molecule has 1 aromatic rings. The van der Waals surface area contributed by atoms with Gasteiger partial charge in [0.2, 0.25) is 5.91 Å². The van der Waals surface area contributed by atoms with E-state index in [1.807, 2.05) is 7.05 Å². The maximum atomic E-state index is 11.2. The maximum Gasteiger partial charge on any atom is 0.224 e. The second-order valence-corrected chi connectivity index (χ2v) is 4.57. The van der Waals surface area contributed by atoms with Gasteiger partial charge in [-0.05, 0) is 25.5 Å². The van der Waals surface area contributed by atoms with E-state index in [2.05, 4.69) is 48.0 Å². The third-order valence-electron chi connectivity index (χ3n) is 3.26. The predicted molar refractivity (Wildman–Crippen MR) is 69.9 cm³/mol. The Bertz CT molecular complexity index is 436. The first-order chi connectivity index (χ1) is 8.08. The second kappa shape index (κ2) is 4.62. The largest absolute Gasteiger partial charge is 0.366 e. The molecular formula is C14H18N2O. The Morgan fingerprint density at radius 3 is 2.59 bits per heavy atom. The van der Waals surface area contributed by atoms with Gasteiger partial charge in [0.15, 0.2) is 0 Å². The van der Waals surface area contributed by atoms with Gasteiger partial charge in [-0.1, -0.05) is 24.3 Å². The summed E-state index contributed by atoms with van der Waals surface area (Å²) in [6, 6.07) is 8.57. The van der Waals surface area contributed by atoms with Crippen LogP contribution in [0.3, 0.4) is 0 Å². The number of anilines is 1. The van der Waals surface area contributed by atoms with Crippen molar-refractivity contribution in [3.63, 3.8) is 0 Å². The van der Waals surface area contributed by atoms with E-state index in [1.54, 1.807) is 0 Å². The summed E-state index contributed by atoms with van der Waals surface area (Å²) in [5, 5.41) is 2.82. The zero-order chi connectivity index (χ0) is 12.4. The van der Waals surface area contributed by atoms with Crippen LogP contribution in [0.25, 0.3) is 0 Å². The highest BCUT2D eigenvalue weighted by atomic mass is 16.1. The minimum absolute atomic E-state index is 0.0727. The number of carbonyl (C=O) groups excluding carboxylic acids is 1. The lowest BCUT2D eigenvalue weighted by Crippen LogP contribution is -2.44. The number of likely N-dealkylation sites (N-methyl/N-ethyl adjacent to an activating group) is 1. The van der Waals surface area contributed by atoms with Crippen molar-refractivity contribution in [3.05, 3.63) is 42.1 Å². The van der Waals surface area contributed by atoms with Crippen molar-refractivity contribution in [2.24, 2.45) is 0 Å². The molecule has 2 rings (SSSR count). The molecule has 1 aliphatic heterocycles. The lowest BCUT2D eigenvalue weighted by atomic mass is 10.0. The molecule has 0 radical (unpaired) electrons. The summed E-state index contributed by atoms with van der Waals surface area (Å²) in [5.41, 5.74) is 3.19. The molecule has 1 fully saturated rings. The Morgan fingerprint density at radius 1 is 1.35 bits per heavy atom. The molecule has 0 spiro atoms. The van der Waals surface area contributed by atoms with Crippen molar-refractivity contribution in [2.75, 3.05) is 11.9 Å². The van der Waals surface area contributed by atoms with Crippen LogP contribution in [0.4, 0.5) is 5.69 Å². The van der Waals surface area contributed by atoms with Crippen molar-refractivity contribution in [3.8, 4) is 0 Å². The van der Waals surface area contributed by atoms with Crippen LogP contribution in [0.1, 0.15) is 18.4 Å². The normalized spacial score (nSPS) is 20.0. The molecule has 1 amide bonds. The number of carbonyl (C=O) groups is 1. The first-order valence-electron chi connectivity index (χ1n) is 5.86. The highest BCUT2D eigenvalue weighted by Crippen LogP contribution is 2.23. The Hall–Kier alpha value is -1.77. The zero-order valence-corrected chi connectivity index (χ0v) is 10.4. The van der Waals surface area contributed by atoms with Crippen LogP contribution in [-0.4, -0.2) is 19.0 Å². The standard InChI is InChI=1S/C14H18N2O/c1-10-4-6-12(7-5-10)16(3)13-8-9-14(17)15-11(13)2/h4-7,13H,2,8-9H2,1,3H3,(H,15,17). The van der Waals surface area contributed by atoms with Gasteiger partial charge in [0.1, 0.15) is 0 Å². The fraction of sp³-hybridized carbons (Fsp3) is 0.357. The molecule has 17 heavy (non-hydrogen) atoms. The molecule has 90 valence electrons. The van der Waals surface area contributed by atoms with E-state index in [4.69, 9.17) is 0 Å².